The fourth-order valence-corrected chi connectivity index (χ4v) is 2.14. The average Bonchev–Trinajstić information content (AvgIpc) is 2.53. The molecule has 0 N–H and O–H groups in total. The van der Waals surface area contributed by atoms with Crippen molar-refractivity contribution in [1.29, 1.82) is 0 Å². The molecule has 0 unspecified atom stereocenters. The van der Waals surface area contributed by atoms with Crippen LogP contribution >= 0.6 is 0 Å². The van der Waals surface area contributed by atoms with Crippen molar-refractivity contribution in [2.75, 3.05) is 0 Å². The van der Waals surface area contributed by atoms with E-state index in [-0.39, 0.29) is 86.6 Å². The maximum atomic E-state index is 11.0. The smallest absolute Gasteiger partial charge is 0.545 e. The first kappa shape index (κ1) is 31.4. The van der Waals surface area contributed by atoms with Gasteiger partial charge in [-0.3, -0.25) is 0 Å². The number of rotatable bonds is 5. The molecule has 0 atom stereocenters. The van der Waals surface area contributed by atoms with E-state index in [1.165, 1.54) is 12.1 Å². The molecule has 2 rings (SSSR count). The normalized spacial score (nSPS) is 8.71. The summed E-state index contributed by atoms with van der Waals surface area (Å²) in [6, 6.07) is 6.25. The SMILES string of the molecule is O=C([O-])c1ccc(-c2ccc(C(=O)[O-])c(C(=O)[O-])c2)cc1C(=O)[O-].[Li+].[Li+].[Li+].[Li+]. The van der Waals surface area contributed by atoms with Gasteiger partial charge in [0.2, 0.25) is 0 Å². The van der Waals surface area contributed by atoms with Crippen molar-refractivity contribution in [3.63, 3.8) is 0 Å². The van der Waals surface area contributed by atoms with E-state index in [2.05, 4.69) is 0 Å². The molecule has 0 bridgehead atoms. The van der Waals surface area contributed by atoms with E-state index < -0.39 is 46.1 Å². The molecule has 0 fully saturated rings. The number of aromatic carboxylic acids is 4. The number of hydrogen-bond acceptors (Lipinski definition) is 8. The molecule has 12 heteroatoms. The van der Waals surface area contributed by atoms with Gasteiger partial charge in [0.1, 0.15) is 0 Å². The van der Waals surface area contributed by atoms with Crippen LogP contribution in [0.3, 0.4) is 0 Å². The predicted molar refractivity (Wildman–Crippen MR) is 69.2 cm³/mol. The first-order chi connectivity index (χ1) is 11.2. The van der Waals surface area contributed by atoms with Crippen LogP contribution in [0.1, 0.15) is 41.4 Å². The standard InChI is InChI=1S/C16H10O8.4Li/c17-13(18)9-3-1-7(5-11(9)15(21)22)8-2-4-10(14(19)20)12(6-8)16(23)24;;;;/h1-6H,(H,17,18)(H,19,20)(H,21,22)(H,23,24);;;;/q;4*+1/p-4. The maximum absolute atomic E-state index is 11.0. The molecule has 0 heterocycles. The van der Waals surface area contributed by atoms with E-state index in [0.29, 0.717) is 0 Å². The van der Waals surface area contributed by atoms with E-state index >= 15 is 0 Å². The maximum Gasteiger partial charge on any atom is 1.00 e. The molecule has 8 nitrogen and oxygen atoms in total. The van der Waals surface area contributed by atoms with E-state index in [1.807, 2.05) is 0 Å². The Morgan fingerprint density at radius 2 is 0.714 bits per heavy atom. The van der Waals surface area contributed by atoms with Gasteiger partial charge in [-0.25, -0.2) is 0 Å². The van der Waals surface area contributed by atoms with E-state index in [1.54, 1.807) is 0 Å². The molecule has 0 aliphatic rings. The van der Waals surface area contributed by atoms with Crippen molar-refractivity contribution in [2.45, 2.75) is 0 Å². The zero-order valence-electron chi connectivity index (χ0n) is 15.7. The van der Waals surface area contributed by atoms with Crippen LogP contribution in [0, 0.1) is 0 Å². The zero-order chi connectivity index (χ0) is 18.0. The summed E-state index contributed by atoms with van der Waals surface area (Å²) in [6.45, 7) is 0. The molecule has 2 aromatic rings. The number of carboxylic acid groups (broad SMARTS) is 4. The van der Waals surface area contributed by atoms with Crippen LogP contribution in [-0.4, -0.2) is 23.9 Å². The van der Waals surface area contributed by atoms with Crippen molar-refractivity contribution in [2.24, 2.45) is 0 Å². The Kier molecular flexibility index (Phi) is 14.6. The van der Waals surface area contributed by atoms with Gasteiger partial charge in [-0.1, -0.05) is 24.3 Å². The van der Waals surface area contributed by atoms with Crippen molar-refractivity contribution in [3.8, 4) is 11.1 Å². The summed E-state index contributed by atoms with van der Waals surface area (Å²) in [4.78, 5) is 43.8. The third kappa shape index (κ3) is 6.95. The molecule has 0 aliphatic carbocycles. The van der Waals surface area contributed by atoms with Crippen LogP contribution in [0.4, 0.5) is 0 Å². The van der Waals surface area contributed by atoms with Crippen LogP contribution in [0.2, 0.25) is 0 Å². The number of carboxylic acids is 4. The predicted octanol–water partition coefficient (Wildman–Crippen LogP) is -15.2. The second kappa shape index (κ2) is 13.0. The molecule has 0 saturated carbocycles. The van der Waals surface area contributed by atoms with Gasteiger partial charge < -0.3 is 39.6 Å². The number of hydrogen-bond donors (Lipinski definition) is 0. The summed E-state index contributed by atoms with van der Waals surface area (Å²) in [5.41, 5.74) is -2.27. The molecular weight excluding hydrogens is 348 g/mol. The van der Waals surface area contributed by atoms with Gasteiger partial charge in [0, 0.05) is 22.3 Å². The van der Waals surface area contributed by atoms with Crippen molar-refractivity contribution in [3.05, 3.63) is 58.7 Å². The second-order valence-corrected chi connectivity index (χ2v) is 4.67. The van der Waals surface area contributed by atoms with Crippen molar-refractivity contribution in [1.82, 2.24) is 0 Å². The van der Waals surface area contributed by atoms with E-state index in [4.69, 9.17) is 0 Å². The Hall–Kier alpha value is -1.29. The Morgan fingerprint density at radius 1 is 0.464 bits per heavy atom. The first-order valence-electron chi connectivity index (χ1n) is 6.36. The van der Waals surface area contributed by atoms with E-state index in [9.17, 15) is 39.6 Å². The van der Waals surface area contributed by atoms with Crippen LogP contribution < -0.4 is 95.9 Å². The minimum Gasteiger partial charge on any atom is -0.545 e. The Bertz CT molecular complexity index is 825. The summed E-state index contributed by atoms with van der Waals surface area (Å²) >= 11 is 0. The number of carbonyl (C=O) groups is 4. The molecule has 0 saturated heterocycles. The van der Waals surface area contributed by atoms with Crippen LogP contribution in [0.15, 0.2) is 36.4 Å². The Morgan fingerprint density at radius 3 is 0.929 bits per heavy atom. The second-order valence-electron chi connectivity index (χ2n) is 4.67. The summed E-state index contributed by atoms with van der Waals surface area (Å²) < 4.78 is 0. The van der Waals surface area contributed by atoms with Crippen LogP contribution in [0.25, 0.3) is 11.1 Å². The van der Waals surface area contributed by atoms with Crippen LogP contribution in [0.5, 0.6) is 0 Å². The fourth-order valence-electron chi connectivity index (χ4n) is 2.14. The summed E-state index contributed by atoms with van der Waals surface area (Å²) in [6.07, 6.45) is 0. The van der Waals surface area contributed by atoms with Gasteiger partial charge in [-0.2, -0.15) is 0 Å². The largest absolute Gasteiger partial charge is 1.00 e. The summed E-state index contributed by atoms with van der Waals surface area (Å²) in [5.74, 6) is -6.96. The molecule has 28 heavy (non-hydrogen) atoms. The molecule has 0 aromatic heterocycles. The van der Waals surface area contributed by atoms with Crippen LogP contribution in [-0.2, 0) is 0 Å². The van der Waals surface area contributed by atoms with Gasteiger partial charge >= 0.3 is 75.4 Å². The minimum atomic E-state index is -1.76. The van der Waals surface area contributed by atoms with E-state index in [0.717, 1.165) is 24.3 Å². The molecular formula is C16H6Li4O8. The Labute approximate surface area is 207 Å². The van der Waals surface area contributed by atoms with Gasteiger partial charge in [0.05, 0.1) is 23.9 Å². The minimum absolute atomic E-state index is 0. The van der Waals surface area contributed by atoms with Gasteiger partial charge in [0.25, 0.3) is 0 Å². The summed E-state index contributed by atoms with van der Waals surface area (Å²) in [7, 11) is 0. The first-order valence-corrected chi connectivity index (χ1v) is 6.36. The quantitative estimate of drug-likeness (QED) is 0.478. The monoisotopic (exact) mass is 354 g/mol. The third-order valence-corrected chi connectivity index (χ3v) is 3.25. The van der Waals surface area contributed by atoms with Gasteiger partial charge in [-0.05, 0) is 23.3 Å². The van der Waals surface area contributed by atoms with Crippen molar-refractivity contribution < 1.29 is 115 Å². The zero-order valence-corrected chi connectivity index (χ0v) is 15.7. The Balaban J connectivity index is -0.00000156. The molecule has 0 spiro atoms. The molecule has 0 radical (unpaired) electrons. The van der Waals surface area contributed by atoms with Crippen molar-refractivity contribution >= 4 is 23.9 Å². The number of carbonyl (C=O) groups excluding carboxylic acids is 4. The fraction of sp³-hybridized carbons (Fsp3) is 0. The molecule has 0 amide bonds. The number of benzene rings is 2. The van der Waals surface area contributed by atoms with Gasteiger partial charge in [-0.15, -0.1) is 0 Å². The molecule has 0 aliphatic heterocycles. The van der Waals surface area contributed by atoms with Gasteiger partial charge in [0.15, 0.2) is 0 Å². The topological polar surface area (TPSA) is 161 Å². The summed E-state index contributed by atoms with van der Waals surface area (Å²) in [5, 5.41) is 43.8. The third-order valence-electron chi connectivity index (χ3n) is 3.25. The molecule has 2 aromatic carbocycles. The average molecular weight is 354 g/mol. The molecule has 122 valence electrons.